The molecule has 5 heteroatoms. The smallest absolute Gasteiger partial charge is 0.338 e. The second-order valence-electron chi connectivity index (χ2n) is 4.30. The standard InChI is InChI=1S/C16H15ClO4/c1-19-14-5-3-11(4-6-14)10-21-15-8-12(16(18)20-2)7-13(17)9-15/h3-9H,10H2,1-2H3. The van der Waals surface area contributed by atoms with Crippen LogP contribution in [0.25, 0.3) is 0 Å². The zero-order valence-corrected chi connectivity index (χ0v) is 12.5. The van der Waals surface area contributed by atoms with Crippen LogP contribution in [0.4, 0.5) is 0 Å². The molecule has 0 amide bonds. The number of methoxy groups -OCH3 is 2. The van der Waals surface area contributed by atoms with E-state index in [1.165, 1.54) is 13.2 Å². The highest BCUT2D eigenvalue weighted by molar-refractivity contribution is 6.31. The molecule has 0 fully saturated rings. The normalized spacial score (nSPS) is 10.0. The minimum absolute atomic E-state index is 0.356. The summed E-state index contributed by atoms with van der Waals surface area (Å²) in [7, 11) is 2.94. The van der Waals surface area contributed by atoms with Gasteiger partial charge in [-0.15, -0.1) is 0 Å². The Labute approximate surface area is 128 Å². The Bertz CT molecular complexity index is 623. The van der Waals surface area contributed by atoms with E-state index in [4.69, 9.17) is 21.1 Å². The lowest BCUT2D eigenvalue weighted by atomic mass is 10.2. The third-order valence-corrected chi connectivity index (χ3v) is 3.08. The summed E-state index contributed by atoms with van der Waals surface area (Å²) in [5.41, 5.74) is 1.34. The molecule has 0 aliphatic carbocycles. The summed E-state index contributed by atoms with van der Waals surface area (Å²) in [6.45, 7) is 0.366. The summed E-state index contributed by atoms with van der Waals surface area (Å²) in [4.78, 5) is 11.5. The lowest BCUT2D eigenvalue weighted by Gasteiger charge is -2.09. The Morgan fingerprint density at radius 1 is 1.05 bits per heavy atom. The Balaban J connectivity index is 2.08. The van der Waals surface area contributed by atoms with Crippen molar-refractivity contribution in [2.45, 2.75) is 6.61 Å². The van der Waals surface area contributed by atoms with Gasteiger partial charge in [-0.2, -0.15) is 0 Å². The van der Waals surface area contributed by atoms with Crippen molar-refractivity contribution in [2.75, 3.05) is 14.2 Å². The van der Waals surface area contributed by atoms with Crippen molar-refractivity contribution in [3.63, 3.8) is 0 Å². The molecule has 110 valence electrons. The molecule has 4 nitrogen and oxygen atoms in total. The molecule has 21 heavy (non-hydrogen) atoms. The molecule has 0 unspecified atom stereocenters. The summed E-state index contributed by atoms with van der Waals surface area (Å²) in [5.74, 6) is 0.847. The minimum atomic E-state index is -0.452. The molecule has 0 N–H and O–H groups in total. The molecule has 0 aromatic heterocycles. The van der Waals surface area contributed by atoms with Crippen LogP contribution in [-0.2, 0) is 11.3 Å². The highest BCUT2D eigenvalue weighted by atomic mass is 35.5. The SMILES string of the molecule is COC(=O)c1cc(Cl)cc(OCc2ccc(OC)cc2)c1. The summed E-state index contributed by atoms with van der Waals surface area (Å²) < 4.78 is 15.4. The first kappa shape index (κ1) is 15.2. The van der Waals surface area contributed by atoms with Crippen LogP contribution in [0, 0.1) is 0 Å². The molecular weight excluding hydrogens is 292 g/mol. The van der Waals surface area contributed by atoms with Crippen LogP contribution in [0.2, 0.25) is 5.02 Å². The van der Waals surface area contributed by atoms with Gasteiger partial charge in [-0.05, 0) is 35.9 Å². The monoisotopic (exact) mass is 306 g/mol. The van der Waals surface area contributed by atoms with Crippen molar-refractivity contribution >= 4 is 17.6 Å². The summed E-state index contributed by atoms with van der Waals surface area (Å²) in [6, 6.07) is 12.3. The number of carbonyl (C=O) groups is 1. The lowest BCUT2D eigenvalue weighted by molar-refractivity contribution is 0.0600. The van der Waals surface area contributed by atoms with Crippen molar-refractivity contribution in [1.82, 2.24) is 0 Å². The third kappa shape index (κ3) is 4.13. The second-order valence-corrected chi connectivity index (χ2v) is 4.74. The molecule has 0 aliphatic heterocycles. The zero-order valence-electron chi connectivity index (χ0n) is 11.8. The maximum Gasteiger partial charge on any atom is 0.338 e. The molecule has 2 rings (SSSR count). The highest BCUT2D eigenvalue weighted by Crippen LogP contribution is 2.23. The Kier molecular flexibility index (Phi) is 5.06. The van der Waals surface area contributed by atoms with Gasteiger partial charge in [0.05, 0.1) is 19.8 Å². The number of rotatable bonds is 5. The highest BCUT2D eigenvalue weighted by Gasteiger charge is 2.09. The van der Waals surface area contributed by atoms with Crippen molar-refractivity contribution in [2.24, 2.45) is 0 Å². The van der Waals surface area contributed by atoms with E-state index in [9.17, 15) is 4.79 Å². The van der Waals surface area contributed by atoms with Gasteiger partial charge >= 0.3 is 5.97 Å². The summed E-state index contributed by atoms with van der Waals surface area (Å²) in [5, 5.41) is 0.419. The van der Waals surface area contributed by atoms with E-state index < -0.39 is 5.97 Å². The molecule has 0 atom stereocenters. The predicted molar refractivity (Wildman–Crippen MR) is 80.1 cm³/mol. The Hall–Kier alpha value is -2.20. The Morgan fingerprint density at radius 3 is 2.38 bits per heavy atom. The van der Waals surface area contributed by atoms with Gasteiger partial charge in [-0.25, -0.2) is 4.79 Å². The van der Waals surface area contributed by atoms with Crippen LogP contribution >= 0.6 is 11.6 Å². The van der Waals surface area contributed by atoms with Gasteiger partial charge in [-0.1, -0.05) is 23.7 Å². The maximum atomic E-state index is 11.5. The van der Waals surface area contributed by atoms with Gasteiger partial charge < -0.3 is 14.2 Å². The Morgan fingerprint density at radius 2 is 1.76 bits per heavy atom. The molecular formula is C16H15ClO4. The van der Waals surface area contributed by atoms with E-state index in [0.29, 0.717) is 22.9 Å². The van der Waals surface area contributed by atoms with Crippen LogP contribution in [0.3, 0.4) is 0 Å². The van der Waals surface area contributed by atoms with E-state index in [1.807, 2.05) is 24.3 Å². The molecule has 2 aromatic carbocycles. The second kappa shape index (κ2) is 6.99. The fourth-order valence-corrected chi connectivity index (χ4v) is 2.00. The van der Waals surface area contributed by atoms with Gasteiger partial charge in [0.2, 0.25) is 0 Å². The van der Waals surface area contributed by atoms with Gasteiger partial charge in [0.1, 0.15) is 18.1 Å². The van der Waals surface area contributed by atoms with E-state index in [0.717, 1.165) is 11.3 Å². The van der Waals surface area contributed by atoms with Crippen molar-refractivity contribution < 1.29 is 19.0 Å². The first-order chi connectivity index (χ1) is 10.1. The van der Waals surface area contributed by atoms with Crippen LogP contribution in [0.5, 0.6) is 11.5 Å². The van der Waals surface area contributed by atoms with E-state index in [-0.39, 0.29) is 0 Å². The molecule has 0 aliphatic rings. The van der Waals surface area contributed by atoms with Gasteiger partial charge in [-0.3, -0.25) is 0 Å². The number of ether oxygens (including phenoxy) is 3. The summed E-state index contributed by atoms with van der Waals surface area (Å²) in [6.07, 6.45) is 0. The molecule has 0 heterocycles. The number of halogens is 1. The first-order valence-electron chi connectivity index (χ1n) is 6.27. The number of carbonyl (C=O) groups excluding carboxylic acids is 1. The molecule has 0 spiro atoms. The van der Waals surface area contributed by atoms with Gasteiger partial charge in [0.25, 0.3) is 0 Å². The molecule has 0 saturated heterocycles. The van der Waals surface area contributed by atoms with Crippen molar-refractivity contribution in [3.8, 4) is 11.5 Å². The average molecular weight is 307 g/mol. The van der Waals surface area contributed by atoms with Crippen LogP contribution in [-0.4, -0.2) is 20.2 Å². The molecule has 0 bridgehead atoms. The maximum absolute atomic E-state index is 11.5. The fourth-order valence-electron chi connectivity index (χ4n) is 1.77. The van der Waals surface area contributed by atoms with Gasteiger partial charge in [0.15, 0.2) is 0 Å². The van der Waals surface area contributed by atoms with Crippen LogP contribution < -0.4 is 9.47 Å². The average Bonchev–Trinajstić information content (AvgIpc) is 2.52. The topological polar surface area (TPSA) is 44.8 Å². The quantitative estimate of drug-likeness (QED) is 0.790. The van der Waals surface area contributed by atoms with E-state index in [1.54, 1.807) is 19.2 Å². The first-order valence-corrected chi connectivity index (χ1v) is 6.65. The third-order valence-electron chi connectivity index (χ3n) is 2.86. The minimum Gasteiger partial charge on any atom is -0.497 e. The molecule has 0 saturated carbocycles. The number of hydrogen-bond acceptors (Lipinski definition) is 4. The number of benzene rings is 2. The molecule has 2 aromatic rings. The van der Waals surface area contributed by atoms with E-state index in [2.05, 4.69) is 4.74 Å². The zero-order chi connectivity index (χ0) is 15.2. The molecule has 0 radical (unpaired) electrons. The number of esters is 1. The van der Waals surface area contributed by atoms with Gasteiger partial charge in [0, 0.05) is 5.02 Å². The largest absolute Gasteiger partial charge is 0.497 e. The summed E-state index contributed by atoms with van der Waals surface area (Å²) >= 11 is 5.97. The predicted octanol–water partition coefficient (Wildman–Crippen LogP) is 3.71. The fraction of sp³-hybridized carbons (Fsp3) is 0.188. The van der Waals surface area contributed by atoms with E-state index >= 15 is 0 Å². The number of hydrogen-bond donors (Lipinski definition) is 0. The van der Waals surface area contributed by atoms with Crippen LogP contribution in [0.15, 0.2) is 42.5 Å². The van der Waals surface area contributed by atoms with Crippen LogP contribution in [0.1, 0.15) is 15.9 Å². The van der Waals surface area contributed by atoms with Crippen molar-refractivity contribution in [1.29, 1.82) is 0 Å². The van der Waals surface area contributed by atoms with Crippen molar-refractivity contribution in [3.05, 3.63) is 58.6 Å². The lowest BCUT2D eigenvalue weighted by Crippen LogP contribution is -2.02.